The molecule has 1 rings (SSSR count). The number of aliphatic hydroxyl groups excluding tert-OH is 1. The highest BCUT2D eigenvalue weighted by Gasteiger charge is 2.40. The van der Waals surface area contributed by atoms with E-state index < -0.39 is 24.1 Å². The van der Waals surface area contributed by atoms with E-state index in [0.29, 0.717) is 6.54 Å². The van der Waals surface area contributed by atoms with Crippen LogP contribution in [0.25, 0.3) is 0 Å². The lowest BCUT2D eigenvalue weighted by Gasteiger charge is -2.29. The van der Waals surface area contributed by atoms with Crippen molar-refractivity contribution < 1.29 is 24.6 Å². The number of carbonyl (C=O) groups excluding carboxylic acids is 2. The van der Waals surface area contributed by atoms with Crippen molar-refractivity contribution in [3.05, 3.63) is 0 Å². The summed E-state index contributed by atoms with van der Waals surface area (Å²) in [5, 5.41) is 21.2. The fourth-order valence-corrected chi connectivity index (χ4v) is 2.18. The predicted molar refractivity (Wildman–Crippen MR) is 70.1 cm³/mol. The number of carboxylic acids is 1. The maximum Gasteiger partial charge on any atom is 0.326 e. The number of aliphatic hydroxyl groups is 1. The van der Waals surface area contributed by atoms with Crippen molar-refractivity contribution >= 4 is 17.9 Å². The smallest absolute Gasteiger partial charge is 0.326 e. The number of amides is 3. The second-order valence-electron chi connectivity index (χ2n) is 4.65. The van der Waals surface area contributed by atoms with Crippen LogP contribution in [0.4, 0.5) is 4.79 Å². The van der Waals surface area contributed by atoms with Gasteiger partial charge >= 0.3 is 12.0 Å². The molecule has 2 atom stereocenters. The summed E-state index contributed by atoms with van der Waals surface area (Å²) in [6.45, 7) is 4.08. The molecule has 8 nitrogen and oxygen atoms in total. The Kier molecular flexibility index (Phi) is 5.75. The molecule has 1 unspecified atom stereocenters. The highest BCUT2D eigenvalue weighted by atomic mass is 16.4. The number of carboxylic acid groups (broad SMARTS) is 1. The molecule has 0 radical (unpaired) electrons. The quantitative estimate of drug-likeness (QED) is 0.606. The molecule has 0 aromatic rings. The maximum absolute atomic E-state index is 12.3. The third-order valence-corrected chi connectivity index (χ3v) is 3.17. The first-order chi connectivity index (χ1) is 9.40. The number of nitrogens with zero attached hydrogens (tertiary/aromatic N) is 2. The van der Waals surface area contributed by atoms with Gasteiger partial charge in [-0.25, -0.2) is 9.59 Å². The van der Waals surface area contributed by atoms with Crippen LogP contribution in [-0.2, 0) is 9.59 Å². The van der Waals surface area contributed by atoms with Gasteiger partial charge in [-0.1, -0.05) is 0 Å². The number of carbonyl (C=O) groups is 3. The summed E-state index contributed by atoms with van der Waals surface area (Å²) in [4.78, 5) is 37.3. The van der Waals surface area contributed by atoms with Crippen LogP contribution in [0.1, 0.15) is 20.3 Å². The van der Waals surface area contributed by atoms with E-state index in [2.05, 4.69) is 5.32 Å². The number of aliphatic carboxylic acids is 1. The fourth-order valence-electron chi connectivity index (χ4n) is 2.18. The highest BCUT2D eigenvalue weighted by Crippen LogP contribution is 2.19. The van der Waals surface area contributed by atoms with Gasteiger partial charge in [0, 0.05) is 26.1 Å². The van der Waals surface area contributed by atoms with Gasteiger partial charge < -0.3 is 25.3 Å². The van der Waals surface area contributed by atoms with Gasteiger partial charge in [0.15, 0.2) is 0 Å². The van der Waals surface area contributed by atoms with Crippen molar-refractivity contribution in [3.8, 4) is 0 Å². The second kappa shape index (κ2) is 7.09. The first-order valence-corrected chi connectivity index (χ1v) is 6.63. The zero-order valence-corrected chi connectivity index (χ0v) is 11.7. The van der Waals surface area contributed by atoms with Gasteiger partial charge in [-0.2, -0.15) is 0 Å². The minimum Gasteiger partial charge on any atom is -0.480 e. The molecule has 3 N–H and O–H groups in total. The molecule has 114 valence electrons. The van der Waals surface area contributed by atoms with Crippen LogP contribution in [0.3, 0.4) is 0 Å². The Morgan fingerprint density at radius 3 is 2.50 bits per heavy atom. The average Bonchev–Trinajstić information content (AvgIpc) is 2.78. The number of likely N-dealkylation sites (tertiary alicyclic amines) is 1. The van der Waals surface area contributed by atoms with Crippen molar-refractivity contribution in [2.75, 3.05) is 26.2 Å². The number of β-amino-alcohol motifs (C(OH)–C–C–N with tert-alkyl or cyclic N) is 1. The third kappa shape index (κ3) is 3.83. The molecule has 1 aliphatic rings. The zero-order chi connectivity index (χ0) is 15.3. The van der Waals surface area contributed by atoms with Crippen LogP contribution >= 0.6 is 0 Å². The summed E-state index contributed by atoms with van der Waals surface area (Å²) in [7, 11) is 0. The SMILES string of the molecule is CCNC(=O)CN(CC)C(=O)N1CC(O)C[C@H]1C(=O)O. The molecular weight excluding hydrogens is 266 g/mol. The molecule has 0 spiro atoms. The molecule has 20 heavy (non-hydrogen) atoms. The number of urea groups is 1. The minimum atomic E-state index is -1.15. The molecule has 1 fully saturated rings. The second-order valence-corrected chi connectivity index (χ2v) is 4.65. The van der Waals surface area contributed by atoms with E-state index in [-0.39, 0.29) is 32.0 Å². The van der Waals surface area contributed by atoms with E-state index in [1.807, 2.05) is 0 Å². The van der Waals surface area contributed by atoms with E-state index in [4.69, 9.17) is 5.11 Å². The molecule has 0 aromatic carbocycles. The van der Waals surface area contributed by atoms with Crippen LogP contribution < -0.4 is 5.32 Å². The standard InChI is InChI=1S/C12H21N3O5/c1-3-13-10(17)7-14(4-2)12(20)15-6-8(16)5-9(15)11(18)19/h8-9,16H,3-7H2,1-2H3,(H,13,17)(H,18,19)/t8?,9-/m0/s1. The van der Waals surface area contributed by atoms with E-state index in [9.17, 15) is 19.5 Å². The molecular formula is C12H21N3O5. The van der Waals surface area contributed by atoms with E-state index >= 15 is 0 Å². The molecule has 0 saturated carbocycles. The summed E-state index contributed by atoms with van der Waals surface area (Å²) >= 11 is 0. The van der Waals surface area contributed by atoms with Crippen LogP contribution in [-0.4, -0.2) is 76.2 Å². The predicted octanol–water partition coefficient (Wildman–Crippen LogP) is -0.916. The summed E-state index contributed by atoms with van der Waals surface area (Å²) in [5.41, 5.74) is 0. The summed E-state index contributed by atoms with van der Waals surface area (Å²) in [6.07, 6.45) is -0.831. The molecule has 0 aromatic heterocycles. The Labute approximate surface area is 117 Å². The number of likely N-dealkylation sites (N-methyl/N-ethyl adjacent to an activating group) is 2. The van der Waals surface area contributed by atoms with Crippen LogP contribution in [0, 0.1) is 0 Å². The van der Waals surface area contributed by atoms with E-state index in [1.54, 1.807) is 13.8 Å². The number of hydrogen-bond acceptors (Lipinski definition) is 4. The molecule has 1 saturated heterocycles. The molecule has 3 amide bonds. The summed E-state index contributed by atoms with van der Waals surface area (Å²) in [6, 6.07) is -1.58. The van der Waals surface area contributed by atoms with Gasteiger partial charge in [0.2, 0.25) is 5.91 Å². The topological polar surface area (TPSA) is 110 Å². The lowest BCUT2D eigenvalue weighted by Crippen LogP contribution is -2.50. The highest BCUT2D eigenvalue weighted by molar-refractivity contribution is 5.87. The third-order valence-electron chi connectivity index (χ3n) is 3.17. The molecule has 0 bridgehead atoms. The van der Waals surface area contributed by atoms with Crippen LogP contribution in [0.2, 0.25) is 0 Å². The van der Waals surface area contributed by atoms with Crippen LogP contribution in [0.15, 0.2) is 0 Å². The molecule has 1 heterocycles. The van der Waals surface area contributed by atoms with Crippen molar-refractivity contribution in [2.24, 2.45) is 0 Å². The minimum absolute atomic E-state index is 0.0137. The van der Waals surface area contributed by atoms with Gasteiger partial charge in [-0.15, -0.1) is 0 Å². The van der Waals surface area contributed by atoms with E-state index in [1.165, 1.54) is 4.90 Å². The Balaban J connectivity index is 2.74. The summed E-state index contributed by atoms with van der Waals surface area (Å²) in [5.74, 6) is -1.45. The van der Waals surface area contributed by atoms with Crippen molar-refractivity contribution in [1.29, 1.82) is 0 Å². The van der Waals surface area contributed by atoms with E-state index in [0.717, 1.165) is 4.90 Å². The van der Waals surface area contributed by atoms with Gasteiger partial charge in [-0.3, -0.25) is 4.79 Å². The normalized spacial score (nSPS) is 21.6. The van der Waals surface area contributed by atoms with Crippen molar-refractivity contribution in [3.63, 3.8) is 0 Å². The Morgan fingerprint density at radius 1 is 1.35 bits per heavy atom. The number of hydrogen-bond donors (Lipinski definition) is 3. The number of nitrogens with one attached hydrogen (secondary N) is 1. The van der Waals surface area contributed by atoms with Gasteiger partial charge in [-0.05, 0) is 13.8 Å². The molecule has 0 aliphatic carbocycles. The Hall–Kier alpha value is -1.83. The Morgan fingerprint density at radius 2 is 2.00 bits per heavy atom. The van der Waals surface area contributed by atoms with Gasteiger partial charge in [0.25, 0.3) is 0 Å². The maximum atomic E-state index is 12.3. The fraction of sp³-hybridized carbons (Fsp3) is 0.750. The average molecular weight is 287 g/mol. The van der Waals surface area contributed by atoms with Gasteiger partial charge in [0.1, 0.15) is 12.6 Å². The Bertz CT molecular complexity index is 387. The van der Waals surface area contributed by atoms with Crippen molar-refractivity contribution in [2.45, 2.75) is 32.4 Å². The molecule has 1 aliphatic heterocycles. The number of rotatable bonds is 5. The van der Waals surface area contributed by atoms with Crippen molar-refractivity contribution in [1.82, 2.24) is 15.1 Å². The first kappa shape index (κ1) is 16.2. The monoisotopic (exact) mass is 287 g/mol. The molecule has 8 heteroatoms. The van der Waals surface area contributed by atoms with Crippen LogP contribution in [0.5, 0.6) is 0 Å². The zero-order valence-electron chi connectivity index (χ0n) is 11.7. The lowest BCUT2D eigenvalue weighted by atomic mass is 10.2. The van der Waals surface area contributed by atoms with Gasteiger partial charge in [0.05, 0.1) is 6.10 Å². The lowest BCUT2D eigenvalue weighted by molar-refractivity contribution is -0.141. The first-order valence-electron chi connectivity index (χ1n) is 6.63. The summed E-state index contributed by atoms with van der Waals surface area (Å²) < 4.78 is 0. The largest absolute Gasteiger partial charge is 0.480 e.